The molecule has 1 fully saturated rings. The highest BCUT2D eigenvalue weighted by molar-refractivity contribution is 7.17. The Hall–Kier alpha value is -3.27. The first-order valence-electron chi connectivity index (χ1n) is 11.0. The average molecular weight is 518 g/mol. The van der Waals surface area contributed by atoms with Crippen molar-refractivity contribution in [1.29, 1.82) is 5.26 Å². The Labute approximate surface area is 210 Å². The molecule has 0 unspecified atom stereocenters. The second-order valence-electron chi connectivity index (χ2n) is 8.23. The Morgan fingerprint density at radius 1 is 1.46 bits per heavy atom. The van der Waals surface area contributed by atoms with Crippen molar-refractivity contribution in [2.75, 3.05) is 24.6 Å². The molecule has 11 nitrogen and oxygen atoms in total. The minimum Gasteiger partial charge on any atom is -0.477 e. The first-order chi connectivity index (χ1) is 16.7. The van der Waals surface area contributed by atoms with Crippen LogP contribution in [0.1, 0.15) is 51.2 Å². The summed E-state index contributed by atoms with van der Waals surface area (Å²) in [6, 6.07) is 2.01. The van der Waals surface area contributed by atoms with Crippen molar-refractivity contribution < 1.29 is 19.4 Å². The number of nitriles is 1. The number of thiazole rings is 1. The molecule has 4 heterocycles. The molecule has 1 aliphatic heterocycles. The fourth-order valence-corrected chi connectivity index (χ4v) is 5.40. The first kappa shape index (κ1) is 24.8. The molecule has 0 radical (unpaired) electrons. The zero-order chi connectivity index (χ0) is 25.3. The van der Waals surface area contributed by atoms with E-state index in [0.29, 0.717) is 42.8 Å². The molecule has 4 rings (SSSR count). The molecule has 13 heteroatoms. The van der Waals surface area contributed by atoms with E-state index in [9.17, 15) is 20.0 Å². The number of Topliss-reactive ketones (excluding diaryl/α,β-unsaturated/α-hetero) is 1. The molecule has 0 aromatic carbocycles. The number of carbonyl (C=O) groups is 2. The Morgan fingerprint density at radius 2 is 2.23 bits per heavy atom. The lowest BCUT2D eigenvalue weighted by molar-refractivity contribution is 0.0103. The molecule has 2 N–H and O–H groups in total. The van der Waals surface area contributed by atoms with Gasteiger partial charge in [-0.15, -0.1) is 0 Å². The molecular formula is C22H24ClN7O4S. The maximum atomic E-state index is 13.0. The van der Waals surface area contributed by atoms with Crippen LogP contribution in [-0.2, 0) is 11.8 Å². The van der Waals surface area contributed by atoms with Gasteiger partial charge in [-0.2, -0.15) is 10.4 Å². The summed E-state index contributed by atoms with van der Waals surface area (Å²) in [4.78, 5) is 38.7. The third kappa shape index (κ3) is 4.80. The van der Waals surface area contributed by atoms with E-state index in [1.54, 1.807) is 14.0 Å². The topological polar surface area (TPSA) is 150 Å². The van der Waals surface area contributed by atoms with E-state index < -0.39 is 5.97 Å². The summed E-state index contributed by atoms with van der Waals surface area (Å²) in [5.41, 5.74) is 1.25. The first-order valence-corrected chi connectivity index (χ1v) is 12.2. The van der Waals surface area contributed by atoms with Crippen LogP contribution in [0.5, 0.6) is 0 Å². The van der Waals surface area contributed by atoms with Crippen LogP contribution in [-0.4, -0.2) is 67.4 Å². The highest BCUT2D eigenvalue weighted by Crippen LogP contribution is 2.36. The van der Waals surface area contributed by atoms with Gasteiger partial charge in [-0.1, -0.05) is 22.9 Å². The zero-order valence-electron chi connectivity index (χ0n) is 19.4. The third-order valence-electron chi connectivity index (χ3n) is 6.03. The minimum atomic E-state index is -1.08. The molecule has 0 spiro atoms. The van der Waals surface area contributed by atoms with Gasteiger partial charge in [0, 0.05) is 38.9 Å². The molecule has 2 atom stereocenters. The highest BCUT2D eigenvalue weighted by atomic mass is 35.5. The number of H-pyrrole nitrogens is 1. The molecule has 35 heavy (non-hydrogen) atoms. The highest BCUT2D eigenvalue weighted by Gasteiger charge is 2.35. The molecule has 3 aromatic heterocycles. The van der Waals surface area contributed by atoms with Crippen molar-refractivity contribution in [2.45, 2.75) is 32.8 Å². The number of ether oxygens (including phenoxy) is 1. The number of nitrogens with zero attached hydrogens (tertiary/aromatic N) is 6. The number of carboxylic acid groups (broad SMARTS) is 1. The molecule has 1 aliphatic rings. The van der Waals surface area contributed by atoms with Crippen LogP contribution in [0.15, 0.2) is 6.33 Å². The predicted octanol–water partition coefficient (Wildman–Crippen LogP) is 3.30. The fraction of sp³-hybridized carbons (Fsp3) is 0.455. The number of carboxylic acids is 1. The van der Waals surface area contributed by atoms with E-state index in [4.69, 9.17) is 16.3 Å². The molecule has 0 amide bonds. The quantitative estimate of drug-likeness (QED) is 0.429. The maximum Gasteiger partial charge on any atom is 0.348 e. The number of aromatic amines is 1. The molecule has 0 saturated carbocycles. The van der Waals surface area contributed by atoms with E-state index in [1.165, 1.54) is 11.0 Å². The van der Waals surface area contributed by atoms with Crippen LogP contribution in [0.25, 0.3) is 11.5 Å². The van der Waals surface area contributed by atoms with Gasteiger partial charge < -0.3 is 19.7 Å². The summed E-state index contributed by atoms with van der Waals surface area (Å²) >= 11 is 7.23. The molecule has 184 valence electrons. The summed E-state index contributed by atoms with van der Waals surface area (Å²) < 4.78 is 7.47. The zero-order valence-corrected chi connectivity index (χ0v) is 21.0. The molecule has 0 aliphatic carbocycles. The van der Waals surface area contributed by atoms with Gasteiger partial charge in [-0.05, 0) is 26.2 Å². The van der Waals surface area contributed by atoms with Crippen molar-refractivity contribution in [2.24, 2.45) is 13.0 Å². The number of aromatic carboxylic acids is 1. The van der Waals surface area contributed by atoms with Gasteiger partial charge >= 0.3 is 5.97 Å². The molecule has 0 bridgehead atoms. The van der Waals surface area contributed by atoms with Crippen molar-refractivity contribution in [3.63, 3.8) is 0 Å². The van der Waals surface area contributed by atoms with Crippen molar-refractivity contribution >= 4 is 39.8 Å². The van der Waals surface area contributed by atoms with Gasteiger partial charge in [0.25, 0.3) is 0 Å². The van der Waals surface area contributed by atoms with Gasteiger partial charge in [-0.3, -0.25) is 4.79 Å². The summed E-state index contributed by atoms with van der Waals surface area (Å²) in [7, 11) is 1.68. The number of hydrogen-bond acceptors (Lipinski definition) is 9. The van der Waals surface area contributed by atoms with E-state index >= 15 is 0 Å². The summed E-state index contributed by atoms with van der Waals surface area (Å²) in [5, 5.41) is 24.0. The average Bonchev–Trinajstić information content (AvgIpc) is 3.52. The third-order valence-corrected chi connectivity index (χ3v) is 7.61. The number of carbonyl (C=O) groups excluding carboxylic acids is 1. The number of rotatable bonds is 8. The van der Waals surface area contributed by atoms with Gasteiger partial charge in [0.15, 0.2) is 16.7 Å². The number of anilines is 1. The van der Waals surface area contributed by atoms with Gasteiger partial charge in [0.2, 0.25) is 0 Å². The Bertz CT molecular complexity index is 1310. The van der Waals surface area contributed by atoms with Crippen LogP contribution in [0.4, 0.5) is 5.13 Å². The van der Waals surface area contributed by atoms with Crippen molar-refractivity contribution in [3.05, 3.63) is 33.2 Å². The van der Waals surface area contributed by atoms with Crippen LogP contribution >= 0.6 is 22.9 Å². The fourth-order valence-electron chi connectivity index (χ4n) is 4.28. The SMILES string of the molecule is CCO[C@H]1CN(c2nc(-c3ncnn3C)c(C(=O)O)s2)CC[C@H]1CC(=O)c1[nH]c(C)c(Cl)c1C#N. The summed E-state index contributed by atoms with van der Waals surface area (Å²) in [6.45, 7) is 5.09. The maximum absolute atomic E-state index is 13.0. The van der Waals surface area contributed by atoms with Gasteiger partial charge in [-0.25, -0.2) is 19.4 Å². The number of aromatic nitrogens is 5. The smallest absolute Gasteiger partial charge is 0.348 e. The molecule has 1 saturated heterocycles. The predicted molar refractivity (Wildman–Crippen MR) is 129 cm³/mol. The molecule has 3 aromatic rings. The van der Waals surface area contributed by atoms with E-state index in [2.05, 4.69) is 20.1 Å². The number of aryl methyl sites for hydroxylation is 2. The summed E-state index contributed by atoms with van der Waals surface area (Å²) in [6.07, 6.45) is 1.91. The van der Waals surface area contributed by atoms with Crippen LogP contribution < -0.4 is 4.90 Å². The number of piperidine rings is 1. The number of hydrogen-bond donors (Lipinski definition) is 2. The number of halogens is 1. The largest absolute Gasteiger partial charge is 0.477 e. The van der Waals surface area contributed by atoms with E-state index in [-0.39, 0.29) is 51.1 Å². The second kappa shape index (κ2) is 10.2. The van der Waals surface area contributed by atoms with Crippen molar-refractivity contribution in [1.82, 2.24) is 24.7 Å². The van der Waals surface area contributed by atoms with E-state index in [0.717, 1.165) is 11.3 Å². The minimum absolute atomic E-state index is 0.0789. The van der Waals surface area contributed by atoms with E-state index in [1.807, 2.05) is 17.9 Å². The lowest BCUT2D eigenvalue weighted by Gasteiger charge is -2.38. The van der Waals surface area contributed by atoms with Crippen LogP contribution in [0, 0.1) is 24.2 Å². The lowest BCUT2D eigenvalue weighted by atomic mass is 9.88. The Balaban J connectivity index is 1.55. The number of ketones is 1. The standard InChI is InChI=1S/C22H24ClN7O4S/c1-4-34-15-9-30(22-28-18(19(35-22)21(32)33)20-25-10-26-29(20)3)6-5-12(15)7-14(31)17-13(8-24)16(23)11(2)27-17/h10,12,15,27H,4-7,9H2,1-3H3,(H,32,33)/t12-,15-/m0/s1. The number of nitrogens with one attached hydrogen (secondary N) is 1. The normalized spacial score (nSPS) is 18.0. The van der Waals surface area contributed by atoms with Gasteiger partial charge in [0.1, 0.15) is 28.7 Å². The Morgan fingerprint density at radius 3 is 2.86 bits per heavy atom. The second-order valence-corrected chi connectivity index (χ2v) is 9.58. The van der Waals surface area contributed by atoms with Crippen LogP contribution in [0.2, 0.25) is 5.02 Å². The van der Waals surface area contributed by atoms with Crippen molar-refractivity contribution in [3.8, 4) is 17.6 Å². The summed E-state index contributed by atoms with van der Waals surface area (Å²) in [5.74, 6) is -0.974. The lowest BCUT2D eigenvalue weighted by Crippen LogP contribution is -2.46. The van der Waals surface area contributed by atoms with Gasteiger partial charge in [0.05, 0.1) is 16.7 Å². The Kier molecular flexibility index (Phi) is 7.20. The monoisotopic (exact) mass is 517 g/mol. The van der Waals surface area contributed by atoms with Crippen LogP contribution in [0.3, 0.4) is 0 Å². The molecular weight excluding hydrogens is 494 g/mol.